The van der Waals surface area contributed by atoms with Crippen LogP contribution in [0.3, 0.4) is 0 Å². The zero-order valence-electron chi connectivity index (χ0n) is 18.8. The van der Waals surface area contributed by atoms with E-state index >= 15 is 0 Å². The topological polar surface area (TPSA) is 56.5 Å². The molecule has 1 aromatic heterocycles. The van der Waals surface area contributed by atoms with Crippen molar-refractivity contribution in [2.24, 2.45) is 5.10 Å². The number of hydrogen-bond donors (Lipinski definition) is 0. The number of nitrogens with zero attached hydrogens (tertiary/aromatic N) is 3. The van der Waals surface area contributed by atoms with Crippen LogP contribution in [0.2, 0.25) is 0 Å². The molecule has 34 heavy (non-hydrogen) atoms. The number of aromatic nitrogens is 2. The van der Waals surface area contributed by atoms with Crippen LogP contribution in [-0.2, 0) is 12.0 Å². The van der Waals surface area contributed by atoms with Gasteiger partial charge in [-0.1, -0.05) is 48.8 Å². The maximum atomic E-state index is 13.4. The fraction of sp³-hybridized carbons (Fsp3) is 0.192. The summed E-state index contributed by atoms with van der Waals surface area (Å²) in [5.74, 6) is 0.885. The van der Waals surface area contributed by atoms with Gasteiger partial charge >= 0.3 is 0 Å². The van der Waals surface area contributed by atoms with Crippen LogP contribution in [0.25, 0.3) is 10.9 Å². The van der Waals surface area contributed by atoms with Crippen molar-refractivity contribution in [1.29, 1.82) is 0 Å². The Bertz CT molecular complexity index is 1460. The number of hydrogen-bond acceptors (Lipinski definition) is 4. The monoisotopic (exact) mass is 585 g/mol. The van der Waals surface area contributed by atoms with E-state index in [2.05, 4.69) is 37.0 Å². The Kier molecular flexibility index (Phi) is 7.00. The van der Waals surface area contributed by atoms with E-state index in [1.807, 2.05) is 45.0 Å². The molecule has 0 aliphatic carbocycles. The highest BCUT2D eigenvalue weighted by Crippen LogP contribution is 2.27. The largest absolute Gasteiger partial charge is 0.488 e. The lowest BCUT2D eigenvalue weighted by Crippen LogP contribution is -2.29. The van der Waals surface area contributed by atoms with Crippen LogP contribution in [0.1, 0.15) is 37.7 Å². The van der Waals surface area contributed by atoms with Crippen molar-refractivity contribution in [1.82, 2.24) is 9.66 Å². The van der Waals surface area contributed by atoms with Gasteiger partial charge in [-0.3, -0.25) is 4.79 Å². The highest BCUT2D eigenvalue weighted by atomic mass is 79.9. The first-order valence-electron chi connectivity index (χ1n) is 10.6. The van der Waals surface area contributed by atoms with Crippen LogP contribution in [0, 0.1) is 5.82 Å². The lowest BCUT2D eigenvalue weighted by molar-refractivity contribution is 0.303. The molecule has 0 saturated carbocycles. The number of benzene rings is 3. The van der Waals surface area contributed by atoms with Gasteiger partial charge in [0.25, 0.3) is 5.56 Å². The molecule has 0 aliphatic heterocycles. The minimum absolute atomic E-state index is 0.235. The highest BCUT2D eigenvalue weighted by molar-refractivity contribution is 9.10. The maximum Gasteiger partial charge on any atom is 0.282 e. The second-order valence-electron chi connectivity index (χ2n) is 8.82. The van der Waals surface area contributed by atoms with Gasteiger partial charge in [0, 0.05) is 9.89 Å². The van der Waals surface area contributed by atoms with E-state index in [9.17, 15) is 9.18 Å². The van der Waals surface area contributed by atoms with Crippen LogP contribution in [0.15, 0.2) is 79.5 Å². The second kappa shape index (κ2) is 9.80. The van der Waals surface area contributed by atoms with E-state index in [-0.39, 0.29) is 18.0 Å². The van der Waals surface area contributed by atoms with Crippen LogP contribution < -0.4 is 10.3 Å². The SMILES string of the molecule is CC(C)(C)c1nc2ccc(Br)cc2c(=O)n1N=Cc1ccc(OCc2cccc(F)c2)c(Br)c1. The third-order valence-corrected chi connectivity index (χ3v) is 6.15. The summed E-state index contributed by atoms with van der Waals surface area (Å²) in [6, 6.07) is 17.2. The minimum atomic E-state index is -0.396. The lowest BCUT2D eigenvalue weighted by atomic mass is 9.95. The summed E-state index contributed by atoms with van der Waals surface area (Å²) in [7, 11) is 0. The van der Waals surface area contributed by atoms with E-state index in [0.717, 1.165) is 20.1 Å². The van der Waals surface area contributed by atoms with E-state index in [1.165, 1.54) is 16.8 Å². The number of fused-ring (bicyclic) bond motifs is 1. The van der Waals surface area contributed by atoms with Gasteiger partial charge in [-0.25, -0.2) is 9.37 Å². The molecule has 0 atom stereocenters. The summed E-state index contributed by atoms with van der Waals surface area (Å²) >= 11 is 6.94. The normalized spacial score (nSPS) is 11.9. The fourth-order valence-corrected chi connectivity index (χ4v) is 4.24. The molecular weight excluding hydrogens is 565 g/mol. The maximum absolute atomic E-state index is 13.4. The van der Waals surface area contributed by atoms with Crippen molar-refractivity contribution >= 4 is 49.0 Å². The summed E-state index contributed by atoms with van der Waals surface area (Å²) in [4.78, 5) is 18.0. The van der Waals surface area contributed by atoms with Crippen LogP contribution in [0.4, 0.5) is 4.39 Å². The van der Waals surface area contributed by atoms with E-state index in [4.69, 9.17) is 9.72 Å². The van der Waals surface area contributed by atoms with Gasteiger partial charge in [0.15, 0.2) is 0 Å². The van der Waals surface area contributed by atoms with Gasteiger partial charge in [-0.2, -0.15) is 9.78 Å². The summed E-state index contributed by atoms with van der Waals surface area (Å²) in [6.07, 6.45) is 1.61. The van der Waals surface area contributed by atoms with Gasteiger partial charge in [0.1, 0.15) is 24.0 Å². The number of ether oxygens (including phenoxy) is 1. The molecule has 0 unspecified atom stereocenters. The predicted molar refractivity (Wildman–Crippen MR) is 140 cm³/mol. The molecule has 0 radical (unpaired) electrons. The summed E-state index contributed by atoms with van der Waals surface area (Å²) in [5.41, 5.74) is 1.51. The van der Waals surface area contributed by atoms with E-state index < -0.39 is 5.41 Å². The first-order chi connectivity index (χ1) is 16.1. The molecule has 4 rings (SSSR count). The Morgan fingerprint density at radius 3 is 2.59 bits per heavy atom. The molecular formula is C26H22Br2FN3O2. The summed E-state index contributed by atoms with van der Waals surface area (Å²) in [5, 5.41) is 4.98. The highest BCUT2D eigenvalue weighted by Gasteiger charge is 2.22. The zero-order chi connectivity index (χ0) is 24.5. The fourth-order valence-electron chi connectivity index (χ4n) is 3.37. The zero-order valence-corrected chi connectivity index (χ0v) is 22.0. The molecule has 4 aromatic rings. The van der Waals surface area contributed by atoms with Gasteiger partial charge in [0.2, 0.25) is 0 Å². The second-order valence-corrected chi connectivity index (χ2v) is 10.6. The minimum Gasteiger partial charge on any atom is -0.488 e. The van der Waals surface area contributed by atoms with E-state index in [0.29, 0.717) is 22.5 Å². The average molecular weight is 587 g/mol. The molecule has 5 nitrogen and oxygen atoms in total. The smallest absolute Gasteiger partial charge is 0.282 e. The molecule has 0 spiro atoms. The third kappa shape index (κ3) is 5.45. The molecule has 0 amide bonds. The molecule has 174 valence electrons. The summed E-state index contributed by atoms with van der Waals surface area (Å²) in [6.45, 7) is 6.22. The average Bonchev–Trinajstić information content (AvgIpc) is 2.77. The number of rotatable bonds is 5. The van der Waals surface area contributed by atoms with Crippen LogP contribution in [0.5, 0.6) is 5.75 Å². The quantitative estimate of drug-likeness (QED) is 0.241. The van der Waals surface area contributed by atoms with Crippen molar-refractivity contribution in [3.8, 4) is 5.75 Å². The Hall–Kier alpha value is -2.84. The molecule has 8 heteroatoms. The van der Waals surface area contributed by atoms with Crippen molar-refractivity contribution in [3.63, 3.8) is 0 Å². The molecule has 1 heterocycles. The first-order valence-corrected chi connectivity index (χ1v) is 12.1. The van der Waals surface area contributed by atoms with Gasteiger partial charge < -0.3 is 4.74 Å². The Morgan fingerprint density at radius 2 is 1.88 bits per heavy atom. The third-order valence-electron chi connectivity index (χ3n) is 5.04. The van der Waals surface area contributed by atoms with Crippen molar-refractivity contribution in [2.45, 2.75) is 32.8 Å². The van der Waals surface area contributed by atoms with Crippen LogP contribution >= 0.6 is 31.9 Å². The standard InChI is InChI=1S/C26H22Br2FN3O2/c1-26(2,3)25-31-22-9-8-18(27)13-20(22)24(33)32(25)30-14-16-7-10-23(21(28)12-16)34-15-17-5-4-6-19(29)11-17/h4-14H,15H2,1-3H3. The molecule has 3 aromatic carbocycles. The van der Waals surface area contributed by atoms with Crippen molar-refractivity contribution in [3.05, 3.63) is 103 Å². The van der Waals surface area contributed by atoms with E-state index in [1.54, 1.807) is 30.5 Å². The number of halogens is 3. The van der Waals surface area contributed by atoms with Crippen LogP contribution in [-0.4, -0.2) is 15.9 Å². The molecule has 0 aliphatic rings. The first kappa shape index (κ1) is 24.3. The molecule has 0 N–H and O–H groups in total. The van der Waals surface area contributed by atoms with Gasteiger partial charge in [-0.05, 0) is 75.6 Å². The molecule has 0 fully saturated rings. The predicted octanol–water partition coefficient (Wildman–Crippen LogP) is 6.82. The summed E-state index contributed by atoms with van der Waals surface area (Å²) < 4.78 is 22.1. The van der Waals surface area contributed by atoms with Gasteiger partial charge in [-0.15, -0.1) is 0 Å². The Morgan fingerprint density at radius 1 is 1.09 bits per heavy atom. The van der Waals surface area contributed by atoms with Crippen molar-refractivity contribution < 1.29 is 9.13 Å². The Labute approximate surface area is 213 Å². The molecule has 0 saturated heterocycles. The van der Waals surface area contributed by atoms with Crippen molar-refractivity contribution in [2.75, 3.05) is 0 Å². The van der Waals surface area contributed by atoms with Gasteiger partial charge in [0.05, 0.1) is 21.6 Å². The Balaban J connectivity index is 1.64. The molecule has 0 bridgehead atoms. The lowest BCUT2D eigenvalue weighted by Gasteiger charge is -2.20.